The fourth-order valence-corrected chi connectivity index (χ4v) is 3.33. The second-order valence-electron chi connectivity index (χ2n) is 7.12. The first kappa shape index (κ1) is 14.6. The van der Waals surface area contributed by atoms with Gasteiger partial charge >= 0.3 is 5.97 Å². The van der Waals surface area contributed by atoms with Crippen molar-refractivity contribution in [3.8, 4) is 0 Å². The molecule has 2 aliphatic rings. The quantitative estimate of drug-likeness (QED) is 0.905. The molecule has 5 nitrogen and oxygen atoms in total. The molecule has 1 saturated carbocycles. The molecule has 1 saturated heterocycles. The van der Waals surface area contributed by atoms with Crippen LogP contribution in [0.15, 0.2) is 12.5 Å². The summed E-state index contributed by atoms with van der Waals surface area (Å²) >= 11 is 0. The Kier molecular flexibility index (Phi) is 3.78. The highest BCUT2D eigenvalue weighted by Gasteiger charge is 2.39. The number of imidazole rings is 1. The van der Waals surface area contributed by atoms with Crippen LogP contribution in [0.2, 0.25) is 0 Å². The molecule has 116 valence electrons. The zero-order valence-electron chi connectivity index (χ0n) is 13.0. The summed E-state index contributed by atoms with van der Waals surface area (Å²) in [5, 5.41) is 9.43. The standard InChI is InChI=1S/C16H25N3O2/c1-16(2,15(20)21)12-4-3-7-18(9-12)10-14-8-17-11-19(14)13-5-6-13/h8,11-13H,3-7,9-10H2,1-2H3,(H,20,21). The van der Waals surface area contributed by atoms with Gasteiger partial charge in [-0.25, -0.2) is 4.98 Å². The third-order valence-electron chi connectivity index (χ3n) is 5.15. The molecule has 1 aliphatic carbocycles. The summed E-state index contributed by atoms with van der Waals surface area (Å²) in [6.45, 7) is 6.54. The number of hydrogen-bond acceptors (Lipinski definition) is 3. The van der Waals surface area contributed by atoms with Gasteiger partial charge in [-0.1, -0.05) is 0 Å². The number of piperidine rings is 1. The van der Waals surface area contributed by atoms with E-state index in [0.717, 1.165) is 32.5 Å². The van der Waals surface area contributed by atoms with Crippen LogP contribution in [0.3, 0.4) is 0 Å². The van der Waals surface area contributed by atoms with Gasteiger partial charge in [-0.3, -0.25) is 9.69 Å². The summed E-state index contributed by atoms with van der Waals surface area (Å²) < 4.78 is 2.30. The number of nitrogens with zero attached hydrogens (tertiary/aromatic N) is 3. The molecule has 2 heterocycles. The minimum Gasteiger partial charge on any atom is -0.481 e. The van der Waals surface area contributed by atoms with Gasteiger partial charge in [0.2, 0.25) is 0 Å². The fraction of sp³-hybridized carbons (Fsp3) is 0.750. The maximum atomic E-state index is 11.5. The third kappa shape index (κ3) is 2.98. The highest BCUT2D eigenvalue weighted by Crippen LogP contribution is 2.37. The first-order chi connectivity index (χ1) is 9.98. The molecule has 1 aliphatic heterocycles. The van der Waals surface area contributed by atoms with E-state index in [2.05, 4.69) is 14.5 Å². The highest BCUT2D eigenvalue weighted by atomic mass is 16.4. The van der Waals surface area contributed by atoms with E-state index in [1.54, 1.807) is 0 Å². The molecule has 1 atom stereocenters. The summed E-state index contributed by atoms with van der Waals surface area (Å²) in [4.78, 5) is 18.1. The number of carboxylic acids is 1. The largest absolute Gasteiger partial charge is 0.481 e. The predicted octanol–water partition coefficient (Wildman–Crippen LogP) is 2.54. The zero-order chi connectivity index (χ0) is 15.0. The minimum absolute atomic E-state index is 0.223. The Morgan fingerprint density at radius 1 is 1.43 bits per heavy atom. The fourth-order valence-electron chi connectivity index (χ4n) is 3.33. The Morgan fingerprint density at radius 3 is 2.86 bits per heavy atom. The number of rotatable bonds is 5. The van der Waals surface area contributed by atoms with Crippen LogP contribution in [0.1, 0.15) is 51.3 Å². The smallest absolute Gasteiger partial charge is 0.309 e. The van der Waals surface area contributed by atoms with Crippen molar-refractivity contribution >= 4 is 5.97 Å². The van der Waals surface area contributed by atoms with Crippen LogP contribution >= 0.6 is 0 Å². The van der Waals surface area contributed by atoms with Gasteiger partial charge in [0.25, 0.3) is 0 Å². The van der Waals surface area contributed by atoms with Gasteiger partial charge in [0.1, 0.15) is 0 Å². The average Bonchev–Trinajstić information content (AvgIpc) is 3.19. The number of hydrogen-bond donors (Lipinski definition) is 1. The van der Waals surface area contributed by atoms with Crippen molar-refractivity contribution in [3.63, 3.8) is 0 Å². The second-order valence-corrected chi connectivity index (χ2v) is 7.12. The van der Waals surface area contributed by atoms with Gasteiger partial charge in [0.15, 0.2) is 0 Å². The predicted molar refractivity (Wildman–Crippen MR) is 79.9 cm³/mol. The lowest BCUT2D eigenvalue weighted by atomic mass is 9.74. The zero-order valence-corrected chi connectivity index (χ0v) is 13.0. The first-order valence-corrected chi connectivity index (χ1v) is 7.95. The molecule has 2 fully saturated rings. The van der Waals surface area contributed by atoms with E-state index in [0.29, 0.717) is 6.04 Å². The number of carbonyl (C=O) groups is 1. The van der Waals surface area contributed by atoms with Crippen LogP contribution in [0.5, 0.6) is 0 Å². The van der Waals surface area contributed by atoms with Crippen molar-refractivity contribution in [2.45, 2.75) is 52.1 Å². The summed E-state index contributed by atoms with van der Waals surface area (Å²) in [5.74, 6) is -0.460. The van der Waals surface area contributed by atoms with Crippen molar-refractivity contribution in [1.82, 2.24) is 14.5 Å². The molecule has 21 heavy (non-hydrogen) atoms. The van der Waals surface area contributed by atoms with Gasteiger partial charge in [-0.2, -0.15) is 0 Å². The highest BCUT2D eigenvalue weighted by molar-refractivity contribution is 5.74. The number of likely N-dealkylation sites (tertiary alicyclic amines) is 1. The third-order valence-corrected chi connectivity index (χ3v) is 5.15. The van der Waals surface area contributed by atoms with Crippen LogP contribution in [-0.4, -0.2) is 38.6 Å². The van der Waals surface area contributed by atoms with Crippen LogP contribution in [0.25, 0.3) is 0 Å². The van der Waals surface area contributed by atoms with Crippen molar-refractivity contribution in [3.05, 3.63) is 18.2 Å². The van der Waals surface area contributed by atoms with Crippen molar-refractivity contribution in [2.75, 3.05) is 13.1 Å². The maximum Gasteiger partial charge on any atom is 0.309 e. The normalized spacial score (nSPS) is 24.2. The summed E-state index contributed by atoms with van der Waals surface area (Å²) in [6, 6.07) is 0.651. The van der Waals surface area contributed by atoms with E-state index < -0.39 is 11.4 Å². The van der Waals surface area contributed by atoms with Crippen molar-refractivity contribution < 1.29 is 9.90 Å². The Hall–Kier alpha value is -1.36. The van der Waals surface area contributed by atoms with Gasteiger partial charge < -0.3 is 9.67 Å². The lowest BCUT2D eigenvalue weighted by Gasteiger charge is -2.39. The molecule has 0 radical (unpaired) electrons. The molecule has 3 rings (SSSR count). The van der Waals surface area contributed by atoms with E-state index in [9.17, 15) is 9.90 Å². The van der Waals surface area contributed by atoms with E-state index in [4.69, 9.17) is 0 Å². The lowest BCUT2D eigenvalue weighted by molar-refractivity contribution is -0.151. The Balaban J connectivity index is 1.66. The summed E-state index contributed by atoms with van der Waals surface area (Å²) in [5.41, 5.74) is 0.626. The van der Waals surface area contributed by atoms with Gasteiger partial charge in [0, 0.05) is 25.3 Å². The molecule has 0 bridgehead atoms. The van der Waals surface area contributed by atoms with Crippen molar-refractivity contribution in [1.29, 1.82) is 0 Å². The number of carboxylic acid groups (broad SMARTS) is 1. The maximum absolute atomic E-state index is 11.5. The van der Waals surface area contributed by atoms with Gasteiger partial charge in [-0.05, 0) is 52.0 Å². The SMILES string of the molecule is CC(C)(C(=O)O)C1CCCN(Cc2cncn2C2CC2)C1. The summed E-state index contributed by atoms with van der Waals surface area (Å²) in [6.07, 6.45) is 8.52. The van der Waals surface area contributed by atoms with Crippen LogP contribution in [-0.2, 0) is 11.3 Å². The molecule has 1 N–H and O–H groups in total. The molecule has 0 amide bonds. The summed E-state index contributed by atoms with van der Waals surface area (Å²) in [7, 11) is 0. The van der Waals surface area contributed by atoms with E-state index in [1.807, 2.05) is 26.4 Å². The Bertz CT molecular complexity index is 519. The molecule has 1 unspecified atom stereocenters. The second kappa shape index (κ2) is 5.44. The lowest BCUT2D eigenvalue weighted by Crippen LogP contribution is -2.44. The minimum atomic E-state index is -0.683. The van der Waals surface area contributed by atoms with Crippen molar-refractivity contribution in [2.24, 2.45) is 11.3 Å². The average molecular weight is 291 g/mol. The molecule has 1 aromatic heterocycles. The van der Waals surface area contributed by atoms with Gasteiger partial charge in [-0.15, -0.1) is 0 Å². The molecule has 5 heteroatoms. The van der Waals surface area contributed by atoms with Crippen LogP contribution < -0.4 is 0 Å². The number of aromatic nitrogens is 2. The molecule has 0 aromatic carbocycles. The molecular weight excluding hydrogens is 266 g/mol. The molecular formula is C16H25N3O2. The topological polar surface area (TPSA) is 58.4 Å². The van der Waals surface area contributed by atoms with E-state index >= 15 is 0 Å². The van der Waals surface area contributed by atoms with E-state index in [1.165, 1.54) is 18.5 Å². The van der Waals surface area contributed by atoms with Crippen LogP contribution in [0.4, 0.5) is 0 Å². The molecule has 1 aromatic rings. The van der Waals surface area contributed by atoms with Gasteiger partial charge in [0.05, 0.1) is 17.4 Å². The Morgan fingerprint density at radius 2 is 2.19 bits per heavy atom. The Labute approximate surface area is 126 Å². The first-order valence-electron chi connectivity index (χ1n) is 7.95. The van der Waals surface area contributed by atoms with Crippen LogP contribution in [0, 0.1) is 11.3 Å². The molecule has 0 spiro atoms. The van der Waals surface area contributed by atoms with E-state index in [-0.39, 0.29) is 5.92 Å². The monoisotopic (exact) mass is 291 g/mol. The number of aliphatic carboxylic acids is 1.